The molecule has 0 unspecified atom stereocenters. The number of anilines is 1. The summed E-state index contributed by atoms with van der Waals surface area (Å²) in [5, 5.41) is 0. The summed E-state index contributed by atoms with van der Waals surface area (Å²) in [4.78, 5) is 27.9. The average Bonchev–Trinajstić information content (AvgIpc) is 2.69. The van der Waals surface area contributed by atoms with Crippen molar-refractivity contribution in [2.75, 3.05) is 19.0 Å². The second kappa shape index (κ2) is 5.05. The Kier molecular flexibility index (Phi) is 3.51. The maximum Gasteiger partial charge on any atom is 0.172 e. The molecule has 122 valence electrons. The second-order valence-electron chi connectivity index (χ2n) is 7.88. The van der Waals surface area contributed by atoms with Gasteiger partial charge in [-0.2, -0.15) is 0 Å². The fourth-order valence-electron chi connectivity index (χ4n) is 4.13. The van der Waals surface area contributed by atoms with Gasteiger partial charge in [0.25, 0.3) is 0 Å². The molecule has 0 radical (unpaired) electrons. The summed E-state index contributed by atoms with van der Waals surface area (Å²) in [6.45, 7) is 6.18. The van der Waals surface area contributed by atoms with E-state index in [1.165, 1.54) is 0 Å². The number of benzene rings is 1. The molecule has 3 rings (SSSR count). The molecule has 2 fully saturated rings. The zero-order chi connectivity index (χ0) is 17.0. The van der Waals surface area contributed by atoms with E-state index >= 15 is 0 Å². The molecule has 2 saturated carbocycles. The van der Waals surface area contributed by atoms with Crippen molar-refractivity contribution >= 4 is 23.3 Å². The molecule has 2 atom stereocenters. The van der Waals surface area contributed by atoms with Crippen LogP contribution in [0.15, 0.2) is 29.8 Å². The molecule has 1 aromatic rings. The molecule has 2 aliphatic carbocycles. The Morgan fingerprint density at radius 3 is 2.26 bits per heavy atom. The number of ketones is 2. The minimum atomic E-state index is -0.416. The first-order valence-electron chi connectivity index (χ1n) is 8.26. The van der Waals surface area contributed by atoms with Crippen LogP contribution in [0.2, 0.25) is 0 Å². The Bertz CT molecular complexity index is 697. The van der Waals surface area contributed by atoms with Gasteiger partial charge in [0, 0.05) is 31.1 Å². The summed E-state index contributed by atoms with van der Waals surface area (Å²) < 4.78 is 0. The van der Waals surface area contributed by atoms with Crippen LogP contribution in [0.25, 0.3) is 6.08 Å². The first-order chi connectivity index (χ1) is 10.7. The van der Waals surface area contributed by atoms with Crippen molar-refractivity contribution in [2.45, 2.75) is 33.6 Å². The van der Waals surface area contributed by atoms with Crippen LogP contribution in [0.5, 0.6) is 0 Å². The largest absolute Gasteiger partial charge is 0.378 e. The molecule has 3 heteroatoms. The number of allylic oxidation sites excluding steroid dienone is 1. The van der Waals surface area contributed by atoms with Gasteiger partial charge in [-0.15, -0.1) is 0 Å². The smallest absolute Gasteiger partial charge is 0.172 e. The molecule has 3 nitrogen and oxygen atoms in total. The highest BCUT2D eigenvalue weighted by Gasteiger charge is 2.62. The van der Waals surface area contributed by atoms with Crippen molar-refractivity contribution in [1.82, 2.24) is 0 Å². The van der Waals surface area contributed by atoms with Gasteiger partial charge in [0.1, 0.15) is 0 Å². The zero-order valence-corrected chi connectivity index (χ0v) is 14.6. The van der Waals surface area contributed by atoms with E-state index in [2.05, 4.69) is 13.8 Å². The fourth-order valence-corrected chi connectivity index (χ4v) is 4.13. The lowest BCUT2D eigenvalue weighted by Gasteiger charge is -2.44. The minimum absolute atomic E-state index is 0.0259. The molecule has 2 bridgehead atoms. The molecule has 0 spiro atoms. The summed E-state index contributed by atoms with van der Waals surface area (Å²) in [5.41, 5.74) is 1.75. The van der Waals surface area contributed by atoms with Crippen molar-refractivity contribution in [3.63, 3.8) is 0 Å². The van der Waals surface area contributed by atoms with E-state index in [9.17, 15) is 9.59 Å². The van der Waals surface area contributed by atoms with Crippen LogP contribution in [-0.2, 0) is 9.59 Å². The lowest BCUT2D eigenvalue weighted by Crippen LogP contribution is -2.49. The molecule has 0 amide bonds. The Morgan fingerprint density at radius 1 is 1.09 bits per heavy atom. The Morgan fingerprint density at radius 2 is 1.70 bits per heavy atom. The highest BCUT2D eigenvalue weighted by molar-refractivity contribution is 6.28. The fraction of sp³-hybridized carbons (Fsp3) is 0.500. The molecule has 0 aliphatic heterocycles. The molecular formula is C20H25NO2. The monoisotopic (exact) mass is 311 g/mol. The summed E-state index contributed by atoms with van der Waals surface area (Å²) in [6, 6.07) is 7.94. The van der Waals surface area contributed by atoms with E-state index in [4.69, 9.17) is 0 Å². The Balaban J connectivity index is 2.00. The van der Waals surface area contributed by atoms with E-state index < -0.39 is 5.41 Å². The summed E-state index contributed by atoms with van der Waals surface area (Å²) in [7, 11) is 3.98. The molecule has 23 heavy (non-hydrogen) atoms. The van der Waals surface area contributed by atoms with Gasteiger partial charge >= 0.3 is 0 Å². The highest BCUT2D eigenvalue weighted by atomic mass is 16.2. The van der Waals surface area contributed by atoms with Gasteiger partial charge < -0.3 is 4.90 Å². The predicted molar refractivity (Wildman–Crippen MR) is 93.4 cm³/mol. The minimum Gasteiger partial charge on any atom is -0.378 e. The van der Waals surface area contributed by atoms with Crippen molar-refractivity contribution in [3.8, 4) is 0 Å². The molecule has 0 saturated heterocycles. The van der Waals surface area contributed by atoms with E-state index in [0.29, 0.717) is 5.57 Å². The van der Waals surface area contributed by atoms with Gasteiger partial charge in [-0.05, 0) is 42.0 Å². The quantitative estimate of drug-likeness (QED) is 0.617. The maximum absolute atomic E-state index is 13.0. The second-order valence-corrected chi connectivity index (χ2v) is 7.88. The number of nitrogens with zero attached hydrogens (tertiary/aromatic N) is 1. The van der Waals surface area contributed by atoms with Crippen molar-refractivity contribution in [2.24, 2.45) is 16.7 Å². The standard InChI is InChI=1S/C20H25NO2/c1-19(2)16-10-11-20(19,3)18(23)15(17(16)22)12-13-6-8-14(9-7-13)21(4)5/h6-9,12,16H,10-11H2,1-5H3/b15-12+/t16-,20+/m0/s1. The normalized spacial score (nSPS) is 30.8. The van der Waals surface area contributed by atoms with Crippen LogP contribution in [0.4, 0.5) is 5.69 Å². The van der Waals surface area contributed by atoms with Crippen molar-refractivity contribution in [1.29, 1.82) is 0 Å². The van der Waals surface area contributed by atoms with Crippen LogP contribution >= 0.6 is 0 Å². The SMILES string of the molecule is CN(C)c1ccc(/C=C2\C(=O)[C@@H]3CC[C@](C)(C2=O)C3(C)C)cc1. The molecule has 0 heterocycles. The van der Waals surface area contributed by atoms with Crippen LogP contribution in [0.3, 0.4) is 0 Å². The van der Waals surface area contributed by atoms with Crippen LogP contribution in [-0.4, -0.2) is 25.7 Å². The van der Waals surface area contributed by atoms with Crippen molar-refractivity contribution in [3.05, 3.63) is 35.4 Å². The first-order valence-corrected chi connectivity index (χ1v) is 8.26. The van der Waals surface area contributed by atoms with Gasteiger partial charge in [0.2, 0.25) is 0 Å². The van der Waals surface area contributed by atoms with Gasteiger partial charge in [-0.1, -0.05) is 32.9 Å². The number of fused-ring (bicyclic) bond motifs is 2. The number of carbonyl (C=O) groups is 2. The van der Waals surface area contributed by atoms with Crippen molar-refractivity contribution < 1.29 is 9.59 Å². The number of carbonyl (C=O) groups excluding carboxylic acids is 2. The third kappa shape index (κ3) is 2.17. The summed E-state index contributed by atoms with van der Waals surface area (Å²) in [6.07, 6.45) is 3.42. The molecular weight excluding hydrogens is 286 g/mol. The topological polar surface area (TPSA) is 37.4 Å². The predicted octanol–water partition coefficient (Wildman–Crippen LogP) is 3.73. The number of hydrogen-bond acceptors (Lipinski definition) is 3. The van der Waals surface area contributed by atoms with Gasteiger partial charge in [0.05, 0.1) is 5.57 Å². The lowest BCUT2D eigenvalue weighted by molar-refractivity contribution is -0.139. The molecule has 0 N–H and O–H groups in total. The Hall–Kier alpha value is -1.90. The molecule has 0 aromatic heterocycles. The maximum atomic E-state index is 13.0. The molecule has 1 aromatic carbocycles. The zero-order valence-electron chi connectivity index (χ0n) is 14.6. The Labute approximate surface area is 138 Å². The summed E-state index contributed by atoms with van der Waals surface area (Å²) in [5.74, 6) is 0.0297. The van der Waals surface area contributed by atoms with Crippen LogP contribution < -0.4 is 4.90 Å². The summed E-state index contributed by atoms with van der Waals surface area (Å²) >= 11 is 0. The average molecular weight is 311 g/mol. The van der Waals surface area contributed by atoms with Gasteiger partial charge in [0.15, 0.2) is 11.6 Å². The number of Topliss-reactive ketones (excluding diaryl/α,β-unsaturated/α-hetero) is 2. The first kappa shape index (κ1) is 16.0. The van der Waals surface area contributed by atoms with Gasteiger partial charge in [-0.25, -0.2) is 0 Å². The van der Waals surface area contributed by atoms with Gasteiger partial charge in [-0.3, -0.25) is 9.59 Å². The molecule has 2 aliphatic rings. The number of hydrogen-bond donors (Lipinski definition) is 0. The van der Waals surface area contributed by atoms with E-state index in [-0.39, 0.29) is 22.9 Å². The highest BCUT2D eigenvalue weighted by Crippen LogP contribution is 2.61. The van der Waals surface area contributed by atoms with Crippen LogP contribution in [0, 0.1) is 16.7 Å². The lowest BCUT2D eigenvalue weighted by atomic mass is 9.57. The van der Waals surface area contributed by atoms with Crippen LogP contribution in [0.1, 0.15) is 39.2 Å². The van der Waals surface area contributed by atoms with E-state index in [1.807, 2.05) is 50.2 Å². The van der Waals surface area contributed by atoms with E-state index in [0.717, 1.165) is 24.1 Å². The van der Waals surface area contributed by atoms with E-state index in [1.54, 1.807) is 6.08 Å². The third-order valence-corrected chi connectivity index (χ3v) is 6.27. The third-order valence-electron chi connectivity index (χ3n) is 6.27. The number of rotatable bonds is 2.